The zero-order valence-electron chi connectivity index (χ0n) is 12.7. The maximum atomic E-state index is 12.4. The second kappa shape index (κ2) is 5.52. The van der Waals surface area contributed by atoms with Gasteiger partial charge in [-0.1, -0.05) is 30.3 Å². The fraction of sp³-hybridized carbons (Fsp3) is 0.389. The van der Waals surface area contributed by atoms with E-state index >= 15 is 0 Å². The zero-order chi connectivity index (χ0) is 15.1. The van der Waals surface area contributed by atoms with Crippen molar-refractivity contribution in [3.63, 3.8) is 0 Å². The normalized spacial score (nSPS) is 19.0. The molecule has 22 heavy (non-hydrogen) atoms. The van der Waals surface area contributed by atoms with Crippen LogP contribution in [0.1, 0.15) is 51.5 Å². The second-order valence-corrected chi connectivity index (χ2v) is 7.44. The lowest BCUT2D eigenvalue weighted by Crippen LogP contribution is -2.26. The predicted molar refractivity (Wildman–Crippen MR) is 88.9 cm³/mol. The van der Waals surface area contributed by atoms with Crippen molar-refractivity contribution in [2.75, 3.05) is 0 Å². The lowest BCUT2D eigenvalue weighted by atomic mass is 10.1. The van der Waals surface area contributed by atoms with Gasteiger partial charge in [0.25, 0.3) is 5.91 Å². The van der Waals surface area contributed by atoms with Crippen LogP contribution in [0.2, 0.25) is 0 Å². The summed E-state index contributed by atoms with van der Waals surface area (Å²) in [6, 6.07) is 13.0. The highest BCUT2D eigenvalue weighted by Gasteiger charge is 2.34. The third-order valence-electron chi connectivity index (χ3n) is 4.55. The Morgan fingerprint density at radius 3 is 2.73 bits per heavy atom. The van der Waals surface area contributed by atoms with E-state index in [-0.39, 0.29) is 11.9 Å². The average molecular weight is 312 g/mol. The summed E-state index contributed by atoms with van der Waals surface area (Å²) in [7, 11) is 0. The van der Waals surface area contributed by atoms with Crippen molar-refractivity contribution in [2.45, 2.75) is 44.9 Å². The molecule has 1 amide bonds. The quantitative estimate of drug-likeness (QED) is 0.933. The molecule has 0 spiro atoms. The Hall–Kier alpha value is -1.65. The smallest absolute Gasteiger partial charge is 0.261 e. The van der Waals surface area contributed by atoms with E-state index in [1.54, 1.807) is 11.3 Å². The Morgan fingerprint density at radius 2 is 2.05 bits per heavy atom. The van der Waals surface area contributed by atoms with E-state index in [1.165, 1.54) is 23.3 Å². The van der Waals surface area contributed by atoms with E-state index in [2.05, 4.69) is 16.3 Å². The first-order valence-corrected chi connectivity index (χ1v) is 8.74. The Balaban J connectivity index is 1.43. The van der Waals surface area contributed by atoms with Gasteiger partial charge in [0.2, 0.25) is 0 Å². The molecule has 1 unspecified atom stereocenters. The summed E-state index contributed by atoms with van der Waals surface area (Å²) in [5, 5.41) is 3.11. The average Bonchev–Trinajstić information content (AvgIpc) is 3.18. The molecular weight excluding hydrogens is 292 g/mol. The number of fused-ring (bicyclic) bond motifs is 1. The fourth-order valence-electron chi connectivity index (χ4n) is 3.10. The number of carbonyl (C=O) groups is 1. The molecule has 2 aromatic rings. The fourth-order valence-corrected chi connectivity index (χ4v) is 4.20. The maximum absolute atomic E-state index is 12.4. The van der Waals surface area contributed by atoms with Gasteiger partial charge in [0.05, 0.1) is 10.9 Å². The van der Waals surface area contributed by atoms with E-state index in [4.69, 9.17) is 0 Å². The maximum Gasteiger partial charge on any atom is 0.261 e. The monoisotopic (exact) mass is 312 g/mol. The summed E-state index contributed by atoms with van der Waals surface area (Å²) < 4.78 is 0. The largest absolute Gasteiger partial charge is 0.345 e. The summed E-state index contributed by atoms with van der Waals surface area (Å²) in [5.74, 6) is 0.0497. The highest BCUT2D eigenvalue weighted by atomic mass is 32.1. The highest BCUT2D eigenvalue weighted by Crippen LogP contribution is 2.38. The Morgan fingerprint density at radius 1 is 1.27 bits per heavy atom. The molecule has 1 N–H and O–H groups in total. The second-order valence-electron chi connectivity index (χ2n) is 6.30. The molecule has 1 aromatic heterocycles. The number of benzene rings is 1. The molecule has 0 radical (unpaired) electrons. The molecule has 4 heteroatoms. The number of thiophene rings is 1. The van der Waals surface area contributed by atoms with Crippen LogP contribution in [0.4, 0.5) is 0 Å². The van der Waals surface area contributed by atoms with Gasteiger partial charge in [0.15, 0.2) is 0 Å². The molecule has 3 nitrogen and oxygen atoms in total. The molecule has 0 bridgehead atoms. The van der Waals surface area contributed by atoms with Gasteiger partial charge in [0.1, 0.15) is 0 Å². The molecule has 1 atom stereocenters. The third-order valence-corrected chi connectivity index (χ3v) is 5.71. The molecule has 1 fully saturated rings. The molecule has 114 valence electrons. The van der Waals surface area contributed by atoms with Crippen LogP contribution in [0, 0.1) is 0 Å². The van der Waals surface area contributed by atoms with E-state index in [1.807, 2.05) is 37.3 Å². The SMILES string of the molecule is CC(NC(=O)c1cc2c(s1)CN(C1CC1)C2)c1ccccc1. The van der Waals surface area contributed by atoms with Gasteiger partial charge < -0.3 is 5.32 Å². The molecule has 0 saturated heterocycles. The first kappa shape index (κ1) is 14.0. The third kappa shape index (κ3) is 2.69. The van der Waals surface area contributed by atoms with Crippen LogP contribution in [-0.2, 0) is 13.1 Å². The highest BCUT2D eigenvalue weighted by molar-refractivity contribution is 7.14. The van der Waals surface area contributed by atoms with Crippen LogP contribution in [0.3, 0.4) is 0 Å². The van der Waals surface area contributed by atoms with Gasteiger partial charge in [-0.2, -0.15) is 0 Å². The van der Waals surface area contributed by atoms with Gasteiger partial charge in [-0.3, -0.25) is 9.69 Å². The lowest BCUT2D eigenvalue weighted by molar-refractivity contribution is 0.0944. The van der Waals surface area contributed by atoms with Crippen molar-refractivity contribution in [3.8, 4) is 0 Å². The Kier molecular flexibility index (Phi) is 3.51. The van der Waals surface area contributed by atoms with Crippen molar-refractivity contribution < 1.29 is 4.79 Å². The minimum Gasteiger partial charge on any atom is -0.345 e. The summed E-state index contributed by atoms with van der Waals surface area (Å²) >= 11 is 1.66. The van der Waals surface area contributed by atoms with E-state index in [9.17, 15) is 4.79 Å². The zero-order valence-corrected chi connectivity index (χ0v) is 13.5. The molecule has 2 aliphatic rings. The number of rotatable bonds is 4. The van der Waals surface area contributed by atoms with Gasteiger partial charge in [-0.05, 0) is 37.0 Å². The molecule has 1 aliphatic carbocycles. The number of hydrogen-bond acceptors (Lipinski definition) is 3. The predicted octanol–water partition coefficient (Wildman–Crippen LogP) is 3.72. The number of carbonyl (C=O) groups excluding carboxylic acids is 1. The standard InChI is InChI=1S/C18H20N2OS/c1-12(13-5-3-2-4-6-13)19-18(21)16-9-14-10-20(15-7-8-15)11-17(14)22-16/h2-6,9,12,15H,7-8,10-11H2,1H3,(H,19,21). The van der Waals surface area contributed by atoms with Crippen molar-refractivity contribution in [2.24, 2.45) is 0 Å². The molecule has 2 heterocycles. The summed E-state index contributed by atoms with van der Waals surface area (Å²) in [5.41, 5.74) is 2.49. The summed E-state index contributed by atoms with van der Waals surface area (Å²) in [4.78, 5) is 17.2. The van der Waals surface area contributed by atoms with Crippen molar-refractivity contribution in [1.82, 2.24) is 10.2 Å². The van der Waals surface area contributed by atoms with Crippen LogP contribution >= 0.6 is 11.3 Å². The molecule has 1 saturated carbocycles. The van der Waals surface area contributed by atoms with Crippen molar-refractivity contribution >= 4 is 17.2 Å². The number of nitrogens with zero attached hydrogens (tertiary/aromatic N) is 1. The van der Waals surface area contributed by atoms with Gasteiger partial charge >= 0.3 is 0 Å². The molecule has 4 rings (SSSR count). The van der Waals surface area contributed by atoms with E-state index < -0.39 is 0 Å². The van der Waals surface area contributed by atoms with Gasteiger partial charge in [-0.15, -0.1) is 11.3 Å². The summed E-state index contributed by atoms with van der Waals surface area (Å²) in [6.07, 6.45) is 2.69. The van der Waals surface area contributed by atoms with Gasteiger partial charge in [0, 0.05) is 24.0 Å². The van der Waals surface area contributed by atoms with Crippen LogP contribution in [0.15, 0.2) is 36.4 Å². The first-order valence-electron chi connectivity index (χ1n) is 7.92. The first-order chi connectivity index (χ1) is 10.7. The van der Waals surface area contributed by atoms with Gasteiger partial charge in [-0.25, -0.2) is 0 Å². The number of amides is 1. The molecular formula is C18H20N2OS. The van der Waals surface area contributed by atoms with Crippen LogP contribution in [-0.4, -0.2) is 16.8 Å². The molecule has 1 aromatic carbocycles. The number of nitrogens with one attached hydrogen (secondary N) is 1. The minimum atomic E-state index is 0.0357. The Bertz CT molecular complexity index is 667. The molecule has 1 aliphatic heterocycles. The van der Waals surface area contributed by atoms with E-state index in [0.717, 1.165) is 29.6 Å². The van der Waals surface area contributed by atoms with Crippen molar-refractivity contribution in [1.29, 1.82) is 0 Å². The van der Waals surface area contributed by atoms with Crippen LogP contribution < -0.4 is 5.32 Å². The topological polar surface area (TPSA) is 32.3 Å². The minimum absolute atomic E-state index is 0.0357. The van der Waals surface area contributed by atoms with Crippen LogP contribution in [0.25, 0.3) is 0 Å². The van der Waals surface area contributed by atoms with Crippen molar-refractivity contribution in [3.05, 3.63) is 57.3 Å². The van der Waals surface area contributed by atoms with E-state index in [0.29, 0.717) is 0 Å². The number of hydrogen-bond donors (Lipinski definition) is 1. The van der Waals surface area contributed by atoms with Crippen LogP contribution in [0.5, 0.6) is 0 Å². The lowest BCUT2D eigenvalue weighted by Gasteiger charge is -2.14. The Labute approximate surface area is 135 Å². The summed E-state index contributed by atoms with van der Waals surface area (Å²) in [6.45, 7) is 4.09.